The Kier molecular flexibility index (Phi) is 10.6. The summed E-state index contributed by atoms with van der Waals surface area (Å²) >= 11 is 5.88. The van der Waals surface area contributed by atoms with E-state index in [1.54, 1.807) is 0 Å². The molecule has 1 aliphatic rings. The van der Waals surface area contributed by atoms with E-state index in [0.717, 1.165) is 25.7 Å². The van der Waals surface area contributed by atoms with Gasteiger partial charge in [-0.2, -0.15) is 0 Å². The van der Waals surface area contributed by atoms with Gasteiger partial charge in [-0.05, 0) is 43.8 Å². The second-order valence-electron chi connectivity index (χ2n) is 8.83. The van der Waals surface area contributed by atoms with Gasteiger partial charge in [0, 0.05) is 24.4 Å². The molecule has 1 rings (SSSR count). The molecule has 1 fully saturated rings. The Hall–Kier alpha value is 0.307. The summed E-state index contributed by atoms with van der Waals surface area (Å²) in [4.78, 5) is 0. The van der Waals surface area contributed by atoms with E-state index in [9.17, 15) is 5.11 Å². The third-order valence-corrected chi connectivity index (χ3v) is 10.4. The molecule has 5 nitrogen and oxygen atoms in total. The zero-order valence-electron chi connectivity index (χ0n) is 17.3. The second-order valence-corrected chi connectivity index (χ2v) is 14.0. The van der Waals surface area contributed by atoms with E-state index in [1.165, 1.54) is 0 Å². The summed E-state index contributed by atoms with van der Waals surface area (Å²) < 4.78 is 18.5. The highest BCUT2D eigenvalue weighted by atomic mass is 35.5. The highest BCUT2D eigenvalue weighted by molar-refractivity contribution is 6.74. The van der Waals surface area contributed by atoms with Crippen molar-refractivity contribution < 1.29 is 19.0 Å². The Morgan fingerprint density at radius 3 is 2.27 bits per heavy atom. The van der Waals surface area contributed by atoms with Crippen molar-refractivity contribution in [2.24, 2.45) is 11.7 Å². The summed E-state index contributed by atoms with van der Waals surface area (Å²) in [5.74, 6) is 0.743. The van der Waals surface area contributed by atoms with Crippen LogP contribution < -0.4 is 5.73 Å². The Morgan fingerprint density at radius 1 is 1.15 bits per heavy atom. The number of ether oxygens (including phenoxy) is 2. The molecule has 1 heterocycles. The summed E-state index contributed by atoms with van der Waals surface area (Å²) in [5.41, 5.74) is 6.58. The molecule has 0 aromatic rings. The van der Waals surface area contributed by atoms with Crippen LogP contribution in [0.2, 0.25) is 18.1 Å². The Labute approximate surface area is 166 Å². The van der Waals surface area contributed by atoms with Crippen LogP contribution in [0.4, 0.5) is 0 Å². The molecule has 26 heavy (non-hydrogen) atoms. The van der Waals surface area contributed by atoms with Crippen molar-refractivity contribution in [3.8, 4) is 0 Å². The fourth-order valence-corrected chi connectivity index (χ4v) is 4.63. The van der Waals surface area contributed by atoms with Crippen molar-refractivity contribution >= 4 is 19.9 Å². The summed E-state index contributed by atoms with van der Waals surface area (Å²) in [7, 11) is -2.01. The van der Waals surface area contributed by atoms with E-state index in [2.05, 4.69) is 33.9 Å². The monoisotopic (exact) mass is 409 g/mol. The van der Waals surface area contributed by atoms with Gasteiger partial charge >= 0.3 is 0 Å². The lowest BCUT2D eigenvalue weighted by Gasteiger charge is -2.44. The van der Waals surface area contributed by atoms with Gasteiger partial charge in [0.25, 0.3) is 0 Å². The molecule has 7 heteroatoms. The van der Waals surface area contributed by atoms with Crippen molar-refractivity contribution in [1.29, 1.82) is 0 Å². The van der Waals surface area contributed by atoms with Crippen LogP contribution in [0.25, 0.3) is 0 Å². The molecule has 3 atom stereocenters. The predicted molar refractivity (Wildman–Crippen MR) is 110 cm³/mol. The van der Waals surface area contributed by atoms with Crippen LogP contribution in [0.1, 0.15) is 52.9 Å². The zero-order chi connectivity index (χ0) is 19.8. The molecule has 0 amide bonds. The van der Waals surface area contributed by atoms with Crippen molar-refractivity contribution in [2.75, 3.05) is 25.7 Å². The van der Waals surface area contributed by atoms with Crippen LogP contribution in [0.15, 0.2) is 0 Å². The van der Waals surface area contributed by atoms with Crippen molar-refractivity contribution in [3.05, 3.63) is 0 Å². The van der Waals surface area contributed by atoms with Gasteiger partial charge in [0.15, 0.2) is 14.6 Å². The highest BCUT2D eigenvalue weighted by Gasteiger charge is 2.44. The molecule has 1 saturated heterocycles. The Morgan fingerprint density at radius 2 is 1.77 bits per heavy atom. The maximum atomic E-state index is 9.23. The minimum Gasteiger partial charge on any atom is -0.412 e. The van der Waals surface area contributed by atoms with Crippen molar-refractivity contribution in [1.82, 2.24) is 0 Å². The smallest absolute Gasteiger partial charge is 0.192 e. The van der Waals surface area contributed by atoms with Crippen LogP contribution in [0, 0.1) is 5.92 Å². The van der Waals surface area contributed by atoms with Gasteiger partial charge < -0.3 is 24.7 Å². The van der Waals surface area contributed by atoms with E-state index >= 15 is 0 Å². The van der Waals surface area contributed by atoms with Crippen molar-refractivity contribution in [3.63, 3.8) is 0 Å². The predicted octanol–water partition coefficient (Wildman–Crippen LogP) is 3.87. The topological polar surface area (TPSA) is 73.9 Å². The third kappa shape index (κ3) is 7.38. The molecular formula is C19H40ClNO4Si. The number of aliphatic hydroxyl groups is 1. The van der Waals surface area contributed by atoms with Crippen LogP contribution in [-0.2, 0) is 13.9 Å². The molecule has 0 saturated carbocycles. The number of alkyl halides is 1. The quantitative estimate of drug-likeness (QED) is 0.290. The van der Waals surface area contributed by atoms with Crippen LogP contribution in [0.3, 0.4) is 0 Å². The number of hydrogen-bond acceptors (Lipinski definition) is 5. The van der Waals surface area contributed by atoms with Crippen LogP contribution >= 0.6 is 11.6 Å². The largest absolute Gasteiger partial charge is 0.412 e. The van der Waals surface area contributed by atoms with E-state index in [1.807, 2.05) is 0 Å². The minimum atomic E-state index is -2.01. The maximum absolute atomic E-state index is 9.23. The lowest BCUT2D eigenvalue weighted by molar-refractivity contribution is -0.121. The molecule has 0 aromatic carbocycles. The van der Waals surface area contributed by atoms with E-state index in [4.69, 9.17) is 31.2 Å². The molecule has 3 N–H and O–H groups in total. The number of aliphatic hydroxyl groups excluding tert-OH is 1. The average Bonchev–Trinajstić information content (AvgIpc) is 3.08. The summed E-state index contributed by atoms with van der Waals surface area (Å²) in [6.07, 6.45) is 3.89. The molecule has 0 aliphatic carbocycles. The number of halogens is 1. The van der Waals surface area contributed by atoms with E-state index in [0.29, 0.717) is 25.5 Å². The summed E-state index contributed by atoms with van der Waals surface area (Å²) in [6.45, 7) is 12.6. The maximum Gasteiger partial charge on any atom is 0.192 e. The Bertz CT molecular complexity index is 386. The molecular weight excluding hydrogens is 370 g/mol. The minimum absolute atomic E-state index is 0.0866. The molecule has 2 unspecified atom stereocenters. The van der Waals surface area contributed by atoms with Gasteiger partial charge in [0.1, 0.15) is 0 Å². The highest BCUT2D eigenvalue weighted by Crippen LogP contribution is 2.40. The fourth-order valence-electron chi connectivity index (χ4n) is 3.05. The van der Waals surface area contributed by atoms with Gasteiger partial charge in [0.05, 0.1) is 19.3 Å². The average molecular weight is 410 g/mol. The van der Waals surface area contributed by atoms with Gasteiger partial charge in [-0.15, -0.1) is 11.6 Å². The molecule has 156 valence electrons. The first-order chi connectivity index (χ1) is 12.1. The summed E-state index contributed by atoms with van der Waals surface area (Å²) in [6, 6.07) is -0.148. The first kappa shape index (κ1) is 24.3. The number of nitrogens with two attached hydrogens (primary N) is 1. The van der Waals surface area contributed by atoms with Crippen LogP contribution in [-0.4, -0.2) is 57.6 Å². The first-order valence-electron chi connectivity index (χ1n) is 9.97. The molecule has 0 spiro atoms. The van der Waals surface area contributed by atoms with Crippen LogP contribution in [0.5, 0.6) is 0 Å². The van der Waals surface area contributed by atoms with Gasteiger partial charge in [0.2, 0.25) is 0 Å². The first-order valence-corrected chi connectivity index (χ1v) is 13.4. The van der Waals surface area contributed by atoms with Crippen molar-refractivity contribution in [2.45, 2.75) is 89.4 Å². The van der Waals surface area contributed by atoms with Gasteiger partial charge in [-0.3, -0.25) is 0 Å². The lowest BCUT2D eigenvalue weighted by Crippen LogP contribution is -2.54. The standard InChI is InChI=1S/C19H40ClNO4Si/c1-19(2,3)26(4,5)25-17(16(21)10-8-12-22)15(9-6-7-11-20)18-23-13-14-24-18/h15-18,22H,6-14,21H2,1-5H3/t15?,16-,17?/m0/s1. The second kappa shape index (κ2) is 11.3. The molecule has 0 aromatic heterocycles. The molecule has 1 aliphatic heterocycles. The number of unbranched alkanes of at least 4 members (excludes halogenated alkanes) is 1. The normalized spacial score (nSPS) is 20.3. The number of hydrogen-bond donors (Lipinski definition) is 2. The third-order valence-electron chi connectivity index (χ3n) is 5.69. The fraction of sp³-hybridized carbons (Fsp3) is 1.00. The zero-order valence-corrected chi connectivity index (χ0v) is 19.1. The van der Waals surface area contributed by atoms with E-state index < -0.39 is 8.32 Å². The Balaban J connectivity index is 3.02. The van der Waals surface area contributed by atoms with Gasteiger partial charge in [-0.25, -0.2) is 0 Å². The molecule has 0 bridgehead atoms. The van der Waals surface area contributed by atoms with E-state index in [-0.39, 0.29) is 36.0 Å². The number of rotatable bonds is 12. The SMILES string of the molecule is CC(C)(C)[Si](C)(C)OC(C(CCCCCl)C1OCCO1)[C@@H](N)CCCO. The summed E-state index contributed by atoms with van der Waals surface area (Å²) in [5, 5.41) is 9.33. The van der Waals surface area contributed by atoms with Gasteiger partial charge in [-0.1, -0.05) is 27.2 Å². The molecule has 0 radical (unpaired) electrons. The lowest BCUT2D eigenvalue weighted by atomic mass is 9.89.